The number of amidine groups is 1. The minimum absolute atomic E-state index is 0.315. The average molecular weight is 404 g/mol. The molecule has 0 bridgehead atoms. The first-order valence-electron chi connectivity index (χ1n) is 6.75. The zero-order valence-electron chi connectivity index (χ0n) is 11.8. The van der Waals surface area contributed by atoms with Gasteiger partial charge >= 0.3 is 5.84 Å². The van der Waals surface area contributed by atoms with Crippen molar-refractivity contribution in [3.8, 4) is 0 Å². The van der Waals surface area contributed by atoms with Gasteiger partial charge in [0.15, 0.2) is 0 Å². The molecule has 0 spiro atoms. The summed E-state index contributed by atoms with van der Waals surface area (Å²) in [5.41, 5.74) is 3.27. The number of benzene rings is 2. The third-order valence-electron chi connectivity index (χ3n) is 3.53. The van der Waals surface area contributed by atoms with Gasteiger partial charge in [0, 0.05) is 32.4 Å². The standard InChI is InChI=1S/C16H14IN5/c17-14-4-2-1-3-13(14)10-22-8-7-11-9-12(5-6-15(11)22)16(18)20-21-19/h1-9H,10H2,(H3,18,19,20)/p+1. The van der Waals surface area contributed by atoms with Gasteiger partial charge in [0.25, 0.3) is 0 Å². The highest BCUT2D eigenvalue weighted by molar-refractivity contribution is 14.1. The van der Waals surface area contributed by atoms with Gasteiger partial charge in [-0.15, -0.1) is 0 Å². The molecule has 3 rings (SSSR count). The topological polar surface area (TPSA) is 81.3 Å². The van der Waals surface area contributed by atoms with E-state index in [1.807, 2.05) is 18.2 Å². The molecule has 1 heterocycles. The molecule has 5 nitrogen and oxygen atoms in total. The molecule has 0 saturated carbocycles. The molecule has 0 atom stereocenters. The van der Waals surface area contributed by atoms with E-state index in [4.69, 9.17) is 11.3 Å². The predicted molar refractivity (Wildman–Crippen MR) is 95.3 cm³/mol. The summed E-state index contributed by atoms with van der Waals surface area (Å²) in [6.45, 7) is 0.837. The number of fused-ring (bicyclic) bond motifs is 1. The van der Waals surface area contributed by atoms with Gasteiger partial charge in [-0.3, -0.25) is 11.3 Å². The van der Waals surface area contributed by atoms with Crippen molar-refractivity contribution in [3.05, 3.63) is 69.4 Å². The molecule has 0 aliphatic heterocycles. The van der Waals surface area contributed by atoms with Gasteiger partial charge in [-0.05, 0) is 58.5 Å². The molecule has 0 saturated heterocycles. The van der Waals surface area contributed by atoms with Crippen molar-refractivity contribution in [1.29, 1.82) is 0 Å². The number of aromatic nitrogens is 1. The lowest BCUT2D eigenvalue weighted by Gasteiger charge is -2.07. The summed E-state index contributed by atoms with van der Waals surface area (Å²) >= 11 is 2.36. The largest absolute Gasteiger partial charge is 0.350 e. The van der Waals surface area contributed by atoms with Crippen molar-refractivity contribution < 1.29 is 5.41 Å². The Morgan fingerprint density at radius 3 is 2.77 bits per heavy atom. The van der Waals surface area contributed by atoms with Crippen LogP contribution in [0.3, 0.4) is 0 Å². The molecule has 0 aliphatic carbocycles. The second kappa shape index (κ2) is 6.27. The van der Waals surface area contributed by atoms with Gasteiger partial charge < -0.3 is 4.57 Å². The molecule has 0 aliphatic rings. The van der Waals surface area contributed by atoms with Crippen LogP contribution in [0.25, 0.3) is 10.9 Å². The number of nitrogens with two attached hydrogens (primary N) is 2. The van der Waals surface area contributed by atoms with E-state index in [-0.39, 0.29) is 0 Å². The third kappa shape index (κ3) is 2.87. The van der Waals surface area contributed by atoms with E-state index in [2.05, 4.69) is 74.0 Å². The SMILES string of the molecule is NN=NC(=[NH2+])c1ccc2c(ccn2Cc2ccccc2I)c1. The van der Waals surface area contributed by atoms with Gasteiger partial charge in [0.05, 0.1) is 10.7 Å². The number of halogens is 1. The highest BCUT2D eigenvalue weighted by Gasteiger charge is 2.11. The molecule has 0 unspecified atom stereocenters. The molecule has 110 valence electrons. The Balaban J connectivity index is 1.96. The van der Waals surface area contributed by atoms with E-state index in [1.165, 1.54) is 9.13 Å². The van der Waals surface area contributed by atoms with Crippen LogP contribution in [0.2, 0.25) is 0 Å². The molecule has 3 aromatic rings. The van der Waals surface area contributed by atoms with Crippen molar-refractivity contribution in [2.45, 2.75) is 6.54 Å². The summed E-state index contributed by atoms with van der Waals surface area (Å²) in [6.07, 6.45) is 2.08. The highest BCUT2D eigenvalue weighted by Crippen LogP contribution is 2.21. The summed E-state index contributed by atoms with van der Waals surface area (Å²) in [4.78, 5) is 0. The first-order valence-corrected chi connectivity index (χ1v) is 7.83. The molecule has 0 fully saturated rings. The quantitative estimate of drug-likeness (QED) is 0.172. The number of rotatable bonds is 3. The Labute approximate surface area is 141 Å². The zero-order valence-corrected chi connectivity index (χ0v) is 13.9. The number of hydrogen-bond donors (Lipinski definition) is 2. The van der Waals surface area contributed by atoms with E-state index >= 15 is 0 Å². The maximum atomic E-state index is 5.82. The van der Waals surface area contributed by atoms with E-state index in [9.17, 15) is 0 Å². The van der Waals surface area contributed by atoms with Crippen molar-refractivity contribution in [2.24, 2.45) is 16.2 Å². The van der Waals surface area contributed by atoms with E-state index < -0.39 is 0 Å². The van der Waals surface area contributed by atoms with Crippen molar-refractivity contribution in [1.82, 2.24) is 4.57 Å². The minimum Gasteiger partial charge on any atom is -0.343 e. The third-order valence-corrected chi connectivity index (χ3v) is 4.58. The second-order valence-electron chi connectivity index (χ2n) is 4.91. The van der Waals surface area contributed by atoms with Crippen LogP contribution >= 0.6 is 22.6 Å². The summed E-state index contributed by atoms with van der Waals surface area (Å²) in [7, 11) is 0. The fourth-order valence-corrected chi connectivity index (χ4v) is 2.99. The maximum Gasteiger partial charge on any atom is 0.350 e. The Morgan fingerprint density at radius 1 is 1.18 bits per heavy atom. The summed E-state index contributed by atoms with van der Waals surface area (Å²) in [5.74, 6) is 5.35. The van der Waals surface area contributed by atoms with Crippen LogP contribution in [-0.2, 0) is 6.54 Å². The van der Waals surface area contributed by atoms with Gasteiger partial charge in [0.1, 0.15) is 0 Å². The van der Waals surface area contributed by atoms with E-state index in [0.29, 0.717) is 5.84 Å². The van der Waals surface area contributed by atoms with Crippen LogP contribution in [0.1, 0.15) is 11.1 Å². The van der Waals surface area contributed by atoms with Crippen molar-refractivity contribution >= 4 is 39.3 Å². The van der Waals surface area contributed by atoms with Gasteiger partial charge in [-0.2, -0.15) is 0 Å². The fourth-order valence-electron chi connectivity index (χ4n) is 2.43. The Morgan fingerprint density at radius 2 is 2.00 bits per heavy atom. The van der Waals surface area contributed by atoms with E-state index in [1.54, 1.807) is 0 Å². The second-order valence-corrected chi connectivity index (χ2v) is 6.07. The molecule has 1 aromatic heterocycles. The molecule has 6 heteroatoms. The highest BCUT2D eigenvalue weighted by atomic mass is 127. The van der Waals surface area contributed by atoms with Crippen molar-refractivity contribution in [3.63, 3.8) is 0 Å². The van der Waals surface area contributed by atoms with E-state index in [0.717, 1.165) is 23.0 Å². The summed E-state index contributed by atoms with van der Waals surface area (Å²) < 4.78 is 3.48. The Hall–Kier alpha value is -2.22. The molecular formula is C16H15IN5+. The van der Waals surface area contributed by atoms with Gasteiger partial charge in [0.2, 0.25) is 0 Å². The first-order chi connectivity index (χ1) is 10.7. The minimum atomic E-state index is 0.315. The summed E-state index contributed by atoms with van der Waals surface area (Å²) in [6, 6.07) is 16.4. The lowest BCUT2D eigenvalue weighted by molar-refractivity contribution is -0.114. The van der Waals surface area contributed by atoms with Crippen LogP contribution in [0.15, 0.2) is 65.1 Å². The Bertz CT molecular complexity index is 866. The molecule has 2 aromatic carbocycles. The lowest BCUT2D eigenvalue weighted by atomic mass is 10.1. The Kier molecular flexibility index (Phi) is 4.19. The zero-order chi connectivity index (χ0) is 15.5. The molecule has 4 N–H and O–H groups in total. The van der Waals surface area contributed by atoms with Crippen LogP contribution in [0.5, 0.6) is 0 Å². The smallest absolute Gasteiger partial charge is 0.343 e. The summed E-state index contributed by atoms with van der Waals surface area (Å²) in [5, 5.41) is 13.8. The average Bonchev–Trinajstić information content (AvgIpc) is 2.92. The number of hydrogen-bond acceptors (Lipinski definition) is 1. The predicted octanol–water partition coefficient (Wildman–Crippen LogP) is 2.13. The maximum absolute atomic E-state index is 5.82. The van der Waals surface area contributed by atoms with Gasteiger partial charge in [-0.25, -0.2) is 0 Å². The molecular weight excluding hydrogens is 389 g/mol. The molecule has 22 heavy (non-hydrogen) atoms. The van der Waals surface area contributed by atoms with Crippen LogP contribution < -0.4 is 11.3 Å². The normalized spacial score (nSPS) is 11.3. The monoisotopic (exact) mass is 404 g/mol. The van der Waals surface area contributed by atoms with Gasteiger partial charge in [-0.1, -0.05) is 18.2 Å². The van der Waals surface area contributed by atoms with Crippen molar-refractivity contribution in [2.75, 3.05) is 0 Å². The lowest BCUT2D eigenvalue weighted by Crippen LogP contribution is -2.38. The molecule has 0 radical (unpaired) electrons. The van der Waals surface area contributed by atoms with Crippen LogP contribution in [0, 0.1) is 3.57 Å². The fraction of sp³-hybridized carbons (Fsp3) is 0.0625. The van der Waals surface area contributed by atoms with Crippen LogP contribution in [-0.4, -0.2) is 10.4 Å². The van der Waals surface area contributed by atoms with Crippen LogP contribution in [0.4, 0.5) is 0 Å². The number of nitrogens with zero attached hydrogens (tertiary/aromatic N) is 3. The first kappa shape index (κ1) is 14.7. The molecule has 0 amide bonds.